The summed E-state index contributed by atoms with van der Waals surface area (Å²) in [5, 5.41) is 0. The molecule has 5 heteroatoms. The first-order valence-corrected chi connectivity index (χ1v) is 10.4. The Hall–Kier alpha value is -2.66. The maximum Gasteiger partial charge on any atom is 0.248 e. The van der Waals surface area contributed by atoms with E-state index in [1.165, 1.54) is 0 Å². The molecule has 2 aliphatic heterocycles. The maximum absolute atomic E-state index is 12.8. The fourth-order valence-corrected chi connectivity index (χ4v) is 4.45. The van der Waals surface area contributed by atoms with Gasteiger partial charge in [0.25, 0.3) is 0 Å². The van der Waals surface area contributed by atoms with Crippen molar-refractivity contribution in [3.8, 4) is 0 Å². The Balaban J connectivity index is 1.37. The third-order valence-electron chi connectivity index (χ3n) is 5.98. The molecule has 5 nitrogen and oxygen atoms in total. The molecule has 2 atom stereocenters. The van der Waals surface area contributed by atoms with Crippen molar-refractivity contribution in [1.29, 1.82) is 0 Å². The number of rotatable bonds is 6. The van der Waals surface area contributed by atoms with E-state index < -0.39 is 0 Å². The van der Waals surface area contributed by atoms with Crippen molar-refractivity contribution in [3.63, 3.8) is 0 Å². The predicted molar refractivity (Wildman–Crippen MR) is 111 cm³/mol. The molecule has 2 saturated heterocycles. The van der Waals surface area contributed by atoms with Gasteiger partial charge in [0.15, 0.2) is 0 Å². The van der Waals surface area contributed by atoms with Crippen molar-refractivity contribution in [2.24, 2.45) is 5.92 Å². The third-order valence-corrected chi connectivity index (χ3v) is 5.98. The van der Waals surface area contributed by atoms with E-state index in [1.54, 1.807) is 0 Å². The molecule has 2 aromatic carbocycles. The molecule has 0 radical (unpaired) electrons. The number of carbonyl (C=O) groups is 2. The first kappa shape index (κ1) is 19.6. The minimum Gasteiger partial charge on any atom is -0.367 e. The van der Waals surface area contributed by atoms with Gasteiger partial charge in [-0.3, -0.25) is 9.59 Å². The van der Waals surface area contributed by atoms with E-state index in [9.17, 15) is 9.59 Å². The van der Waals surface area contributed by atoms with Gasteiger partial charge >= 0.3 is 0 Å². The smallest absolute Gasteiger partial charge is 0.248 e. The molecule has 2 fully saturated rings. The van der Waals surface area contributed by atoms with Crippen LogP contribution in [0, 0.1) is 5.92 Å². The molecule has 0 N–H and O–H groups in total. The fraction of sp³-hybridized carbons (Fsp3) is 0.417. The monoisotopic (exact) mass is 392 g/mol. The van der Waals surface area contributed by atoms with Gasteiger partial charge in [0.05, 0.1) is 12.6 Å². The number of ether oxygens (including phenoxy) is 1. The molecule has 0 saturated carbocycles. The first-order valence-electron chi connectivity index (χ1n) is 10.4. The second kappa shape index (κ2) is 9.23. The molecule has 29 heavy (non-hydrogen) atoms. The average molecular weight is 392 g/mol. The summed E-state index contributed by atoms with van der Waals surface area (Å²) >= 11 is 0. The van der Waals surface area contributed by atoms with Gasteiger partial charge in [-0.05, 0) is 29.9 Å². The zero-order chi connectivity index (χ0) is 20.1. The average Bonchev–Trinajstić information content (AvgIpc) is 3.11. The van der Waals surface area contributed by atoms with Crippen LogP contribution in [-0.2, 0) is 27.5 Å². The topological polar surface area (TPSA) is 49.9 Å². The highest BCUT2D eigenvalue weighted by Crippen LogP contribution is 2.31. The van der Waals surface area contributed by atoms with Gasteiger partial charge in [-0.25, -0.2) is 0 Å². The second-order valence-corrected chi connectivity index (χ2v) is 8.00. The molecule has 0 aliphatic carbocycles. The van der Waals surface area contributed by atoms with Gasteiger partial charge in [0, 0.05) is 26.1 Å². The Morgan fingerprint density at radius 3 is 2.38 bits per heavy atom. The summed E-state index contributed by atoms with van der Waals surface area (Å²) in [4.78, 5) is 29.4. The number of nitrogens with zero attached hydrogens (tertiary/aromatic N) is 2. The summed E-state index contributed by atoms with van der Waals surface area (Å²) < 4.78 is 5.64. The molecule has 152 valence electrons. The summed E-state index contributed by atoms with van der Waals surface area (Å²) in [6.45, 7) is 2.47. The molecule has 2 heterocycles. The normalized spacial score (nSPS) is 21.7. The Morgan fingerprint density at radius 2 is 1.66 bits per heavy atom. The maximum atomic E-state index is 12.8. The number of fused-ring (bicyclic) bond motifs is 1. The summed E-state index contributed by atoms with van der Waals surface area (Å²) in [6.07, 6.45) is 2.50. The largest absolute Gasteiger partial charge is 0.367 e. The number of likely N-dealkylation sites (tertiary alicyclic amines) is 2. The summed E-state index contributed by atoms with van der Waals surface area (Å²) in [7, 11) is 0. The molecule has 0 aromatic heterocycles. The lowest BCUT2D eigenvalue weighted by molar-refractivity contribution is -0.137. The highest BCUT2D eigenvalue weighted by Gasteiger charge is 2.41. The van der Waals surface area contributed by atoms with E-state index in [-0.39, 0.29) is 24.5 Å². The Labute approximate surface area is 172 Å². The molecule has 2 aliphatic rings. The lowest BCUT2D eigenvalue weighted by Gasteiger charge is -2.30. The van der Waals surface area contributed by atoms with Crippen LogP contribution >= 0.6 is 0 Å². The standard InChI is InChI=1S/C24H28N2O3/c27-23-13-7-12-21-15-25(24(28)18-29-17-20-10-5-2-6-11-20)16-22(21)26(23)14-19-8-3-1-4-9-19/h1-6,8-11,21-22H,7,12-18H2/t21-,22+/m1/s1. The minimum absolute atomic E-state index is 0.0149. The number of carbonyl (C=O) groups excluding carboxylic acids is 2. The third kappa shape index (κ3) is 4.85. The summed E-state index contributed by atoms with van der Waals surface area (Å²) in [5.41, 5.74) is 2.20. The van der Waals surface area contributed by atoms with E-state index in [1.807, 2.05) is 58.3 Å². The number of hydrogen-bond acceptors (Lipinski definition) is 3. The Morgan fingerprint density at radius 1 is 0.966 bits per heavy atom. The lowest BCUT2D eigenvalue weighted by atomic mass is 9.98. The van der Waals surface area contributed by atoms with Crippen LogP contribution in [0.3, 0.4) is 0 Å². The van der Waals surface area contributed by atoms with Crippen molar-refractivity contribution in [2.75, 3.05) is 19.7 Å². The van der Waals surface area contributed by atoms with Crippen LogP contribution in [0.1, 0.15) is 30.4 Å². The van der Waals surface area contributed by atoms with Gasteiger partial charge in [0.1, 0.15) is 6.61 Å². The van der Waals surface area contributed by atoms with E-state index in [0.717, 1.165) is 30.5 Å². The van der Waals surface area contributed by atoms with E-state index >= 15 is 0 Å². The van der Waals surface area contributed by atoms with Crippen LogP contribution in [0.25, 0.3) is 0 Å². The summed E-state index contributed by atoms with van der Waals surface area (Å²) in [6, 6.07) is 20.1. The highest BCUT2D eigenvalue weighted by molar-refractivity contribution is 5.79. The Kier molecular flexibility index (Phi) is 6.25. The fourth-order valence-electron chi connectivity index (χ4n) is 4.45. The van der Waals surface area contributed by atoms with Gasteiger partial charge in [-0.1, -0.05) is 60.7 Å². The van der Waals surface area contributed by atoms with Crippen molar-refractivity contribution in [1.82, 2.24) is 9.80 Å². The van der Waals surface area contributed by atoms with Crippen LogP contribution in [0.2, 0.25) is 0 Å². The minimum atomic E-state index is 0.0149. The van der Waals surface area contributed by atoms with E-state index in [2.05, 4.69) is 12.1 Å². The second-order valence-electron chi connectivity index (χ2n) is 8.00. The molecule has 0 spiro atoms. The van der Waals surface area contributed by atoms with Crippen LogP contribution in [0.5, 0.6) is 0 Å². The quantitative estimate of drug-likeness (QED) is 0.758. The van der Waals surface area contributed by atoms with Crippen molar-refractivity contribution in [2.45, 2.75) is 38.5 Å². The zero-order valence-corrected chi connectivity index (χ0v) is 16.7. The van der Waals surface area contributed by atoms with Gasteiger partial charge in [-0.15, -0.1) is 0 Å². The first-order chi connectivity index (χ1) is 14.2. The van der Waals surface area contributed by atoms with Gasteiger partial charge in [0.2, 0.25) is 11.8 Å². The highest BCUT2D eigenvalue weighted by atomic mass is 16.5. The number of amides is 2. The lowest BCUT2D eigenvalue weighted by Crippen LogP contribution is -2.43. The van der Waals surface area contributed by atoms with E-state index in [0.29, 0.717) is 32.0 Å². The van der Waals surface area contributed by atoms with E-state index in [4.69, 9.17) is 4.74 Å². The molecule has 4 rings (SSSR count). The van der Waals surface area contributed by atoms with Gasteiger partial charge < -0.3 is 14.5 Å². The SMILES string of the molecule is O=C(COCc1ccccc1)N1C[C@H]2CCCC(=O)N(Cc3ccccc3)[C@H]2C1. The summed E-state index contributed by atoms with van der Waals surface area (Å²) in [5.74, 6) is 0.570. The number of hydrogen-bond donors (Lipinski definition) is 0. The predicted octanol–water partition coefficient (Wildman–Crippen LogP) is 3.24. The van der Waals surface area contributed by atoms with Crippen LogP contribution < -0.4 is 0 Å². The molecule has 0 bridgehead atoms. The van der Waals surface area contributed by atoms with Crippen LogP contribution in [-0.4, -0.2) is 47.4 Å². The van der Waals surface area contributed by atoms with Crippen LogP contribution in [0.4, 0.5) is 0 Å². The van der Waals surface area contributed by atoms with Crippen molar-refractivity contribution >= 4 is 11.8 Å². The molecule has 2 aromatic rings. The Bertz CT molecular complexity index is 825. The van der Waals surface area contributed by atoms with Crippen molar-refractivity contribution in [3.05, 3.63) is 71.8 Å². The molecular formula is C24H28N2O3. The molecule has 2 amide bonds. The number of benzene rings is 2. The molecule has 0 unspecified atom stereocenters. The zero-order valence-electron chi connectivity index (χ0n) is 16.7. The van der Waals surface area contributed by atoms with Crippen molar-refractivity contribution < 1.29 is 14.3 Å². The van der Waals surface area contributed by atoms with Crippen LogP contribution in [0.15, 0.2) is 60.7 Å². The van der Waals surface area contributed by atoms with Gasteiger partial charge in [-0.2, -0.15) is 0 Å². The molecular weight excluding hydrogens is 364 g/mol.